The number of piperidine rings is 1. The lowest BCUT2D eigenvalue weighted by Gasteiger charge is -2.31. The topological polar surface area (TPSA) is 105 Å². The lowest BCUT2D eigenvalue weighted by atomic mass is 9.96. The number of carbonyl (C=O) groups excluding carboxylic acids is 1. The van der Waals surface area contributed by atoms with Gasteiger partial charge in [0.15, 0.2) is 11.2 Å². The number of H-pyrrole nitrogens is 1. The first-order chi connectivity index (χ1) is 16.0. The summed E-state index contributed by atoms with van der Waals surface area (Å²) in [5.41, 5.74) is 0.950. The molecule has 1 saturated heterocycles. The van der Waals surface area contributed by atoms with Gasteiger partial charge in [-0.25, -0.2) is 9.78 Å². The molecule has 1 amide bonds. The van der Waals surface area contributed by atoms with Crippen LogP contribution in [-0.2, 0) is 24.4 Å². The van der Waals surface area contributed by atoms with E-state index in [1.165, 1.54) is 0 Å². The highest BCUT2D eigenvalue weighted by Crippen LogP contribution is 2.22. The number of para-hydroxylation sites is 1. The molecule has 1 aromatic carbocycles. The second-order valence-electron chi connectivity index (χ2n) is 8.61. The summed E-state index contributed by atoms with van der Waals surface area (Å²) >= 11 is 0. The van der Waals surface area contributed by atoms with Gasteiger partial charge >= 0.3 is 5.69 Å². The van der Waals surface area contributed by atoms with E-state index in [4.69, 9.17) is 4.98 Å². The zero-order valence-electron chi connectivity index (χ0n) is 19.3. The van der Waals surface area contributed by atoms with E-state index in [1.807, 2.05) is 41.8 Å². The molecule has 1 aliphatic rings. The fourth-order valence-electron chi connectivity index (χ4n) is 4.52. The van der Waals surface area contributed by atoms with Crippen molar-refractivity contribution in [2.45, 2.75) is 59.2 Å². The van der Waals surface area contributed by atoms with Crippen LogP contribution in [0.1, 0.15) is 45.4 Å². The SMILES string of the molecule is CCCCn1c(=O)[nH]c(=O)c2c1nc(CN1CCC(C(=O)Nc3ccccc3)CC1)n2CC. The van der Waals surface area contributed by atoms with E-state index in [0.29, 0.717) is 30.8 Å². The Balaban J connectivity index is 1.48. The molecule has 2 N–H and O–H groups in total. The van der Waals surface area contributed by atoms with Crippen molar-refractivity contribution in [3.8, 4) is 0 Å². The lowest BCUT2D eigenvalue weighted by molar-refractivity contribution is -0.121. The van der Waals surface area contributed by atoms with Crippen molar-refractivity contribution in [2.75, 3.05) is 18.4 Å². The number of hydrogen-bond donors (Lipinski definition) is 2. The zero-order valence-corrected chi connectivity index (χ0v) is 19.3. The number of aromatic amines is 1. The van der Waals surface area contributed by atoms with E-state index in [2.05, 4.69) is 22.1 Å². The molecule has 3 aromatic rings. The maximum atomic E-state index is 12.6. The molecule has 4 rings (SSSR count). The third kappa shape index (κ3) is 4.93. The Bertz CT molecular complexity index is 1220. The molecular formula is C24H32N6O3. The third-order valence-electron chi connectivity index (χ3n) is 6.38. The second-order valence-corrected chi connectivity index (χ2v) is 8.61. The highest BCUT2D eigenvalue weighted by atomic mass is 16.2. The molecule has 9 heteroatoms. The molecule has 0 unspecified atom stereocenters. The number of benzene rings is 1. The van der Waals surface area contributed by atoms with Crippen molar-refractivity contribution < 1.29 is 4.79 Å². The average molecular weight is 453 g/mol. The molecule has 0 atom stereocenters. The molecule has 1 aliphatic heterocycles. The number of hydrogen-bond acceptors (Lipinski definition) is 5. The van der Waals surface area contributed by atoms with Gasteiger partial charge in [-0.1, -0.05) is 31.5 Å². The second kappa shape index (κ2) is 10.2. The molecule has 9 nitrogen and oxygen atoms in total. The lowest BCUT2D eigenvalue weighted by Crippen LogP contribution is -2.38. The largest absolute Gasteiger partial charge is 0.330 e. The summed E-state index contributed by atoms with van der Waals surface area (Å²) in [4.78, 5) is 47.1. The number of nitrogens with one attached hydrogen (secondary N) is 2. The van der Waals surface area contributed by atoms with Gasteiger partial charge in [0, 0.05) is 24.7 Å². The summed E-state index contributed by atoms with van der Waals surface area (Å²) in [6.07, 6.45) is 3.33. The predicted octanol–water partition coefficient (Wildman–Crippen LogP) is 2.56. The summed E-state index contributed by atoms with van der Waals surface area (Å²) in [5, 5.41) is 3.00. The van der Waals surface area contributed by atoms with Gasteiger partial charge in [-0.05, 0) is 51.4 Å². The number of likely N-dealkylation sites (tertiary alicyclic amines) is 1. The zero-order chi connectivity index (χ0) is 23.4. The number of imidazole rings is 1. The normalized spacial score (nSPS) is 15.2. The van der Waals surface area contributed by atoms with Crippen LogP contribution >= 0.6 is 0 Å². The summed E-state index contributed by atoms with van der Waals surface area (Å²) in [7, 11) is 0. The van der Waals surface area contributed by atoms with Gasteiger partial charge in [0.1, 0.15) is 5.82 Å². The molecule has 33 heavy (non-hydrogen) atoms. The molecular weight excluding hydrogens is 420 g/mol. The van der Waals surface area contributed by atoms with Crippen LogP contribution in [0.25, 0.3) is 11.2 Å². The number of nitrogens with zero attached hydrogens (tertiary/aromatic N) is 4. The number of aromatic nitrogens is 4. The summed E-state index contributed by atoms with van der Waals surface area (Å²) in [6.45, 7) is 7.30. The number of carbonyl (C=O) groups is 1. The van der Waals surface area contributed by atoms with Gasteiger partial charge in [-0.3, -0.25) is 24.0 Å². The highest BCUT2D eigenvalue weighted by Gasteiger charge is 2.27. The Morgan fingerprint density at radius 1 is 1.12 bits per heavy atom. The molecule has 0 bridgehead atoms. The molecule has 2 aromatic heterocycles. The van der Waals surface area contributed by atoms with E-state index in [-0.39, 0.29) is 17.4 Å². The maximum Gasteiger partial charge on any atom is 0.330 e. The number of fused-ring (bicyclic) bond motifs is 1. The number of rotatable bonds is 8. The first-order valence-corrected chi connectivity index (χ1v) is 11.8. The number of amides is 1. The molecule has 0 saturated carbocycles. The summed E-state index contributed by atoms with van der Waals surface area (Å²) in [6, 6.07) is 9.53. The smallest absolute Gasteiger partial charge is 0.326 e. The molecule has 1 fully saturated rings. The molecule has 0 aliphatic carbocycles. The minimum Gasteiger partial charge on any atom is -0.326 e. The quantitative estimate of drug-likeness (QED) is 0.547. The first kappa shape index (κ1) is 23.0. The average Bonchev–Trinajstić information content (AvgIpc) is 3.18. The minimum absolute atomic E-state index is 0.0199. The molecule has 0 spiro atoms. The van der Waals surface area contributed by atoms with Crippen LogP contribution in [0.2, 0.25) is 0 Å². The van der Waals surface area contributed by atoms with Crippen molar-refractivity contribution >= 4 is 22.8 Å². The standard InChI is InChI=1S/C24H32N6O3/c1-3-5-13-30-21-20(23(32)27-24(30)33)29(4-2)19(26-21)16-28-14-11-17(12-15-28)22(31)25-18-9-7-6-8-10-18/h6-10,17H,3-5,11-16H2,1-2H3,(H,25,31)(H,27,32,33). The Hall–Kier alpha value is -3.20. The van der Waals surface area contributed by atoms with E-state index in [0.717, 1.165) is 50.3 Å². The van der Waals surface area contributed by atoms with Crippen molar-refractivity contribution in [1.82, 2.24) is 24.0 Å². The molecule has 176 valence electrons. The van der Waals surface area contributed by atoms with E-state index >= 15 is 0 Å². The fraction of sp³-hybridized carbons (Fsp3) is 0.500. The fourth-order valence-corrected chi connectivity index (χ4v) is 4.52. The van der Waals surface area contributed by atoms with Crippen LogP contribution in [0.3, 0.4) is 0 Å². The maximum absolute atomic E-state index is 12.6. The van der Waals surface area contributed by atoms with Gasteiger partial charge in [-0.15, -0.1) is 0 Å². The van der Waals surface area contributed by atoms with Crippen LogP contribution < -0.4 is 16.6 Å². The van der Waals surface area contributed by atoms with Gasteiger partial charge in [0.25, 0.3) is 5.56 Å². The number of aryl methyl sites for hydroxylation is 2. The Labute approximate surface area is 192 Å². The van der Waals surface area contributed by atoms with Crippen molar-refractivity contribution in [1.29, 1.82) is 0 Å². The van der Waals surface area contributed by atoms with Crippen LogP contribution in [0.5, 0.6) is 0 Å². The van der Waals surface area contributed by atoms with Crippen molar-refractivity contribution in [3.63, 3.8) is 0 Å². The van der Waals surface area contributed by atoms with Crippen LogP contribution in [0.15, 0.2) is 39.9 Å². The van der Waals surface area contributed by atoms with Crippen LogP contribution in [0.4, 0.5) is 5.69 Å². The Morgan fingerprint density at radius 2 is 1.85 bits per heavy atom. The molecule has 3 heterocycles. The van der Waals surface area contributed by atoms with Crippen LogP contribution in [0, 0.1) is 5.92 Å². The van der Waals surface area contributed by atoms with E-state index in [9.17, 15) is 14.4 Å². The monoisotopic (exact) mass is 452 g/mol. The Kier molecular flexibility index (Phi) is 7.08. The highest BCUT2D eigenvalue weighted by molar-refractivity contribution is 5.92. The van der Waals surface area contributed by atoms with Crippen molar-refractivity contribution in [3.05, 3.63) is 57.0 Å². The first-order valence-electron chi connectivity index (χ1n) is 11.8. The predicted molar refractivity (Wildman–Crippen MR) is 128 cm³/mol. The Morgan fingerprint density at radius 3 is 2.52 bits per heavy atom. The van der Waals surface area contributed by atoms with Gasteiger partial charge in [0.05, 0.1) is 6.54 Å². The third-order valence-corrected chi connectivity index (χ3v) is 6.38. The summed E-state index contributed by atoms with van der Waals surface area (Å²) in [5.74, 6) is 0.822. The van der Waals surface area contributed by atoms with Crippen LogP contribution in [-0.4, -0.2) is 43.0 Å². The van der Waals surface area contributed by atoms with Gasteiger partial charge < -0.3 is 9.88 Å². The van der Waals surface area contributed by atoms with E-state index in [1.54, 1.807) is 4.57 Å². The summed E-state index contributed by atoms with van der Waals surface area (Å²) < 4.78 is 3.49. The van der Waals surface area contributed by atoms with Gasteiger partial charge in [-0.2, -0.15) is 0 Å². The van der Waals surface area contributed by atoms with Crippen molar-refractivity contribution in [2.24, 2.45) is 5.92 Å². The van der Waals surface area contributed by atoms with E-state index < -0.39 is 5.69 Å². The molecule has 0 radical (unpaired) electrons. The minimum atomic E-state index is -0.404. The number of anilines is 1. The number of unbranched alkanes of at least 4 members (excludes halogenated alkanes) is 1. The van der Waals surface area contributed by atoms with Gasteiger partial charge in [0.2, 0.25) is 5.91 Å².